The lowest BCUT2D eigenvalue weighted by Crippen LogP contribution is -2.29. The number of nitrogens with one attached hydrogen (secondary N) is 1. The number of imidazole rings is 1. The number of hydrogen-bond donors (Lipinski definition) is 1. The van der Waals surface area contributed by atoms with Crippen molar-refractivity contribution in [2.75, 3.05) is 7.11 Å². The number of carbonyl (C=O) groups excluding carboxylic acids is 1. The van der Waals surface area contributed by atoms with Gasteiger partial charge in [0.05, 0.1) is 7.11 Å². The van der Waals surface area contributed by atoms with Gasteiger partial charge in [0.2, 0.25) is 5.91 Å². The number of ether oxygens (including phenoxy) is 1. The van der Waals surface area contributed by atoms with E-state index in [1.807, 2.05) is 72.4 Å². The third-order valence-electron chi connectivity index (χ3n) is 5.07. The van der Waals surface area contributed by atoms with E-state index in [9.17, 15) is 4.79 Å². The average molecular weight is 397 g/mol. The minimum Gasteiger partial charge on any atom is -0.497 e. The molecular formula is C25H23N3O2. The topological polar surface area (TPSA) is 56.1 Å². The number of rotatable bonds is 6. The molecule has 1 amide bonds. The molecule has 1 atom stereocenters. The molecule has 1 aromatic heterocycles. The summed E-state index contributed by atoms with van der Waals surface area (Å²) in [7, 11) is 3.54. The van der Waals surface area contributed by atoms with Crippen molar-refractivity contribution in [3.8, 4) is 5.75 Å². The zero-order valence-electron chi connectivity index (χ0n) is 16.9. The second-order valence-electron chi connectivity index (χ2n) is 7.02. The van der Waals surface area contributed by atoms with Crippen LogP contribution in [0, 0.1) is 0 Å². The minimum absolute atomic E-state index is 0.196. The van der Waals surface area contributed by atoms with Gasteiger partial charge in [0, 0.05) is 25.5 Å². The molecule has 0 saturated carbocycles. The van der Waals surface area contributed by atoms with Crippen molar-refractivity contribution in [1.29, 1.82) is 0 Å². The fourth-order valence-corrected chi connectivity index (χ4v) is 3.52. The Balaban J connectivity index is 1.62. The number of carbonyl (C=O) groups is 1. The largest absolute Gasteiger partial charge is 0.497 e. The number of methoxy groups -OCH3 is 1. The maximum atomic E-state index is 12.8. The third-order valence-corrected chi connectivity index (χ3v) is 5.07. The van der Waals surface area contributed by atoms with Crippen molar-refractivity contribution in [1.82, 2.24) is 14.9 Å². The number of aromatic nitrogens is 2. The quantitative estimate of drug-likeness (QED) is 0.488. The van der Waals surface area contributed by atoms with E-state index in [1.165, 1.54) is 0 Å². The Morgan fingerprint density at radius 1 is 1.10 bits per heavy atom. The highest BCUT2D eigenvalue weighted by Crippen LogP contribution is 2.24. The zero-order valence-corrected chi connectivity index (χ0v) is 16.9. The summed E-state index contributed by atoms with van der Waals surface area (Å²) in [5.41, 5.74) is 1.90. The Kier molecular flexibility index (Phi) is 5.61. The first-order valence-corrected chi connectivity index (χ1v) is 9.73. The first-order valence-electron chi connectivity index (χ1n) is 9.73. The Morgan fingerprint density at radius 2 is 1.90 bits per heavy atom. The van der Waals surface area contributed by atoms with Gasteiger partial charge in [-0.1, -0.05) is 54.6 Å². The van der Waals surface area contributed by atoms with Crippen molar-refractivity contribution < 1.29 is 9.53 Å². The van der Waals surface area contributed by atoms with Crippen LogP contribution in [-0.2, 0) is 11.8 Å². The van der Waals surface area contributed by atoms with Gasteiger partial charge in [0.1, 0.15) is 17.6 Å². The molecule has 0 fully saturated rings. The normalized spacial score (nSPS) is 12.2. The maximum absolute atomic E-state index is 12.8. The van der Waals surface area contributed by atoms with Gasteiger partial charge in [-0.3, -0.25) is 4.79 Å². The molecule has 5 heteroatoms. The number of aryl methyl sites for hydroxylation is 1. The van der Waals surface area contributed by atoms with Gasteiger partial charge in [0.15, 0.2) is 0 Å². The lowest BCUT2D eigenvalue weighted by molar-refractivity contribution is -0.117. The van der Waals surface area contributed by atoms with Crippen molar-refractivity contribution in [2.24, 2.45) is 7.05 Å². The second-order valence-corrected chi connectivity index (χ2v) is 7.02. The summed E-state index contributed by atoms with van der Waals surface area (Å²) < 4.78 is 7.25. The van der Waals surface area contributed by atoms with Gasteiger partial charge in [-0.05, 0) is 40.1 Å². The number of benzene rings is 3. The molecule has 0 bridgehead atoms. The summed E-state index contributed by atoms with van der Waals surface area (Å²) >= 11 is 0. The molecule has 0 saturated heterocycles. The maximum Gasteiger partial charge on any atom is 0.244 e. The Bertz CT molecular complexity index is 1200. The number of fused-ring (bicyclic) bond motifs is 1. The van der Waals surface area contributed by atoms with Crippen LogP contribution < -0.4 is 10.1 Å². The van der Waals surface area contributed by atoms with Crippen LogP contribution in [-0.4, -0.2) is 22.6 Å². The van der Waals surface area contributed by atoms with E-state index >= 15 is 0 Å². The van der Waals surface area contributed by atoms with Crippen LogP contribution in [0.25, 0.3) is 16.8 Å². The molecule has 0 aliphatic rings. The van der Waals surface area contributed by atoms with Crippen LogP contribution in [0.3, 0.4) is 0 Å². The molecule has 0 radical (unpaired) electrons. The SMILES string of the molecule is COc1cccc(C(NC(=O)/C=C/c2cccc3ccccc23)c2nccn2C)c1. The zero-order chi connectivity index (χ0) is 20.9. The molecule has 3 aromatic carbocycles. The van der Waals surface area contributed by atoms with Crippen LogP contribution in [0.15, 0.2) is 85.2 Å². The molecule has 30 heavy (non-hydrogen) atoms. The van der Waals surface area contributed by atoms with E-state index in [4.69, 9.17) is 4.74 Å². The first-order chi connectivity index (χ1) is 14.7. The van der Waals surface area contributed by atoms with E-state index in [2.05, 4.69) is 28.5 Å². The fraction of sp³-hybridized carbons (Fsp3) is 0.120. The molecule has 5 nitrogen and oxygen atoms in total. The summed E-state index contributed by atoms with van der Waals surface area (Å²) in [5.74, 6) is 1.28. The van der Waals surface area contributed by atoms with Gasteiger partial charge in [-0.15, -0.1) is 0 Å². The predicted molar refractivity (Wildman–Crippen MR) is 119 cm³/mol. The monoisotopic (exact) mass is 397 g/mol. The number of hydrogen-bond acceptors (Lipinski definition) is 3. The van der Waals surface area contributed by atoms with Crippen molar-refractivity contribution in [3.05, 3.63) is 102 Å². The van der Waals surface area contributed by atoms with Gasteiger partial charge in [-0.2, -0.15) is 0 Å². The van der Waals surface area contributed by atoms with E-state index in [-0.39, 0.29) is 5.91 Å². The Labute approximate surface area is 175 Å². The van der Waals surface area contributed by atoms with Crippen LogP contribution in [0.5, 0.6) is 5.75 Å². The summed E-state index contributed by atoms with van der Waals surface area (Å²) in [6.07, 6.45) is 7.00. The Morgan fingerprint density at radius 3 is 2.70 bits per heavy atom. The van der Waals surface area contributed by atoms with Crippen molar-refractivity contribution in [3.63, 3.8) is 0 Å². The Hall–Kier alpha value is -3.86. The minimum atomic E-state index is -0.398. The molecule has 4 rings (SSSR count). The van der Waals surface area contributed by atoms with Crippen LogP contribution in [0.2, 0.25) is 0 Å². The molecule has 1 N–H and O–H groups in total. The molecule has 1 heterocycles. The first kappa shape index (κ1) is 19.5. The van der Waals surface area contributed by atoms with E-state index < -0.39 is 6.04 Å². The molecule has 0 aliphatic heterocycles. The van der Waals surface area contributed by atoms with Crippen molar-refractivity contribution in [2.45, 2.75) is 6.04 Å². The van der Waals surface area contributed by atoms with Gasteiger partial charge in [-0.25, -0.2) is 4.98 Å². The summed E-state index contributed by atoms with van der Waals surface area (Å²) in [4.78, 5) is 17.3. The van der Waals surface area contributed by atoms with Gasteiger partial charge >= 0.3 is 0 Å². The lowest BCUT2D eigenvalue weighted by Gasteiger charge is -2.19. The highest BCUT2D eigenvalue weighted by molar-refractivity contribution is 5.97. The smallest absolute Gasteiger partial charge is 0.244 e. The van der Waals surface area contributed by atoms with E-state index in [1.54, 1.807) is 19.4 Å². The second kappa shape index (κ2) is 8.66. The summed E-state index contributed by atoms with van der Waals surface area (Å²) in [6, 6.07) is 21.4. The number of nitrogens with zero attached hydrogens (tertiary/aromatic N) is 2. The molecule has 0 aliphatic carbocycles. The molecule has 1 unspecified atom stereocenters. The van der Waals surface area contributed by atoms with E-state index in [0.29, 0.717) is 0 Å². The van der Waals surface area contributed by atoms with Crippen molar-refractivity contribution >= 4 is 22.8 Å². The highest BCUT2D eigenvalue weighted by atomic mass is 16.5. The van der Waals surface area contributed by atoms with Crippen LogP contribution >= 0.6 is 0 Å². The molecule has 4 aromatic rings. The van der Waals surface area contributed by atoms with Gasteiger partial charge in [0.25, 0.3) is 0 Å². The molecular weight excluding hydrogens is 374 g/mol. The van der Waals surface area contributed by atoms with Crippen LogP contribution in [0.1, 0.15) is 23.0 Å². The fourth-order valence-electron chi connectivity index (χ4n) is 3.52. The predicted octanol–water partition coefficient (Wildman–Crippen LogP) is 4.50. The third kappa shape index (κ3) is 4.10. The lowest BCUT2D eigenvalue weighted by atomic mass is 10.0. The van der Waals surface area contributed by atoms with Gasteiger partial charge < -0.3 is 14.6 Å². The molecule has 150 valence electrons. The summed E-state index contributed by atoms with van der Waals surface area (Å²) in [6.45, 7) is 0. The standard InChI is InChI=1S/C25H23N3O2/c1-28-16-15-26-25(28)24(20-10-6-11-21(17-20)30-2)27-23(29)14-13-19-9-5-8-18-7-3-4-12-22(18)19/h3-17,24H,1-2H3,(H,27,29)/b14-13+. The highest BCUT2D eigenvalue weighted by Gasteiger charge is 2.20. The number of amides is 1. The summed E-state index contributed by atoms with van der Waals surface area (Å²) in [5, 5.41) is 5.33. The van der Waals surface area contributed by atoms with Crippen LogP contribution in [0.4, 0.5) is 0 Å². The van der Waals surface area contributed by atoms with E-state index in [0.717, 1.165) is 33.5 Å². The average Bonchev–Trinajstić information content (AvgIpc) is 3.21. The molecule has 0 spiro atoms.